The van der Waals surface area contributed by atoms with Crippen LogP contribution in [-0.2, 0) is 0 Å². The predicted octanol–water partition coefficient (Wildman–Crippen LogP) is -0.291. The fourth-order valence-corrected chi connectivity index (χ4v) is 1.41. The number of nitro groups is 1. The van der Waals surface area contributed by atoms with Crippen molar-refractivity contribution >= 4 is 23.4 Å². The van der Waals surface area contributed by atoms with Crippen LogP contribution in [0.15, 0.2) is 12.4 Å². The van der Waals surface area contributed by atoms with E-state index in [0.717, 1.165) is 11.1 Å². The van der Waals surface area contributed by atoms with Gasteiger partial charge in [-0.15, -0.1) is 11.6 Å². The first-order valence-electron chi connectivity index (χ1n) is 3.94. The Hall–Kier alpha value is -0.760. The maximum Gasteiger partial charge on any atom is 0.511 e. The summed E-state index contributed by atoms with van der Waals surface area (Å²) in [4.78, 5) is 10.6. The molecule has 1 rings (SSSR count). The number of nitrogens with zero attached hydrogens (tertiary/aromatic N) is 3. The maximum atomic E-state index is 10.6. The van der Waals surface area contributed by atoms with Gasteiger partial charge in [0.25, 0.3) is 0 Å². The molecule has 1 aliphatic heterocycles. The van der Waals surface area contributed by atoms with Crippen LogP contribution in [0.5, 0.6) is 0 Å². The summed E-state index contributed by atoms with van der Waals surface area (Å²) in [5, 5.41) is 29.5. The van der Waals surface area contributed by atoms with Gasteiger partial charge in [0.15, 0.2) is 0 Å². The van der Waals surface area contributed by atoms with E-state index in [-0.39, 0.29) is 12.4 Å². The third-order valence-corrected chi connectivity index (χ3v) is 2.58. The zero-order valence-corrected chi connectivity index (χ0v) is 8.97. The van der Waals surface area contributed by atoms with E-state index in [4.69, 9.17) is 23.4 Å². The number of hydrogen-bond donors (Lipinski definition) is 2. The Bertz CT molecular complexity index is 290. The first-order chi connectivity index (χ1) is 6.92. The summed E-state index contributed by atoms with van der Waals surface area (Å²) >= 11 is 10.8. The molecular formula is C6H9Cl2N3O4. The van der Waals surface area contributed by atoms with Crippen LogP contribution in [0.1, 0.15) is 0 Å². The van der Waals surface area contributed by atoms with E-state index in [1.54, 1.807) is 0 Å². The number of aliphatic hydroxyl groups excluding tert-OH is 1. The van der Waals surface area contributed by atoms with Crippen molar-refractivity contribution in [3.8, 4) is 0 Å². The molecule has 0 saturated heterocycles. The van der Waals surface area contributed by atoms with Crippen LogP contribution in [0, 0.1) is 10.1 Å². The average molecular weight is 258 g/mol. The summed E-state index contributed by atoms with van der Waals surface area (Å²) < 4.78 is 0.508. The Kier molecular flexibility index (Phi) is 3.61. The molecule has 0 aromatic carbocycles. The molecule has 15 heavy (non-hydrogen) atoms. The quantitative estimate of drug-likeness (QED) is 0.237. The first-order valence-corrected chi connectivity index (χ1v) is 4.81. The van der Waals surface area contributed by atoms with Crippen molar-refractivity contribution in [2.24, 2.45) is 0 Å². The molecule has 0 amide bonds. The Morgan fingerprint density at radius 2 is 2.20 bits per heavy atom. The summed E-state index contributed by atoms with van der Waals surface area (Å²) in [5.74, 6) is -2.67. The van der Waals surface area contributed by atoms with Crippen molar-refractivity contribution in [1.82, 2.24) is 9.32 Å². The largest absolute Gasteiger partial charge is 0.511 e. The second-order valence-corrected chi connectivity index (χ2v) is 3.60. The van der Waals surface area contributed by atoms with E-state index in [9.17, 15) is 20.3 Å². The molecule has 0 saturated carbocycles. The van der Waals surface area contributed by atoms with E-state index in [1.807, 2.05) is 0 Å². The summed E-state index contributed by atoms with van der Waals surface area (Å²) in [6.45, 7) is -0.194. The monoisotopic (exact) mass is 257 g/mol. The summed E-state index contributed by atoms with van der Waals surface area (Å²) in [5.41, 5.74) is 0. The zero-order valence-electron chi connectivity index (χ0n) is 7.45. The van der Waals surface area contributed by atoms with E-state index in [1.165, 1.54) is 6.20 Å². The number of alkyl halides is 1. The standard InChI is InChI=1S/C6H9Cl2N3O4/c7-3-5(12)4-9-1-2-10(8)6(9,13)11(14)15/h1-2,5,12-13H,3-4H2. The van der Waals surface area contributed by atoms with Crippen LogP contribution in [-0.4, -0.2) is 49.0 Å². The molecule has 0 fully saturated rings. The van der Waals surface area contributed by atoms with Crippen LogP contribution in [0.3, 0.4) is 0 Å². The lowest BCUT2D eigenvalue weighted by Gasteiger charge is -2.29. The number of aliphatic hydroxyl groups is 2. The van der Waals surface area contributed by atoms with Crippen molar-refractivity contribution < 1.29 is 15.1 Å². The van der Waals surface area contributed by atoms with Gasteiger partial charge in [0, 0.05) is 24.2 Å². The molecule has 1 heterocycles. The van der Waals surface area contributed by atoms with Gasteiger partial charge in [-0.25, -0.2) is 0 Å². The van der Waals surface area contributed by atoms with Crippen LogP contribution in [0.25, 0.3) is 0 Å². The molecule has 1 aliphatic rings. The molecule has 9 heteroatoms. The second-order valence-electron chi connectivity index (χ2n) is 2.93. The Morgan fingerprint density at radius 3 is 2.67 bits per heavy atom. The second kappa shape index (κ2) is 4.40. The predicted molar refractivity (Wildman–Crippen MR) is 52.2 cm³/mol. The molecule has 0 spiro atoms. The van der Waals surface area contributed by atoms with Gasteiger partial charge < -0.3 is 5.11 Å². The topological polar surface area (TPSA) is 90.1 Å². The van der Waals surface area contributed by atoms with Crippen LogP contribution < -0.4 is 0 Å². The van der Waals surface area contributed by atoms with Gasteiger partial charge in [0.2, 0.25) is 0 Å². The number of hydrogen-bond acceptors (Lipinski definition) is 6. The van der Waals surface area contributed by atoms with Crippen molar-refractivity contribution in [3.05, 3.63) is 22.5 Å². The zero-order chi connectivity index (χ0) is 11.6. The highest BCUT2D eigenvalue weighted by Crippen LogP contribution is 2.27. The Labute approximate surface area is 95.3 Å². The minimum atomic E-state index is -2.57. The average Bonchev–Trinajstić information content (AvgIpc) is 2.47. The van der Waals surface area contributed by atoms with Crippen LogP contribution in [0.4, 0.5) is 0 Å². The van der Waals surface area contributed by atoms with Gasteiger partial charge >= 0.3 is 5.97 Å². The third kappa shape index (κ3) is 2.10. The molecule has 2 atom stereocenters. The molecular weight excluding hydrogens is 249 g/mol. The summed E-state index contributed by atoms with van der Waals surface area (Å²) in [6, 6.07) is 0. The highest BCUT2D eigenvalue weighted by Gasteiger charge is 2.55. The lowest BCUT2D eigenvalue weighted by Crippen LogP contribution is -2.58. The number of β-amino-alcohol motifs (C(OH)–C–C–N with tert-alkyl or cyclic N) is 1. The van der Waals surface area contributed by atoms with Crippen molar-refractivity contribution in [3.63, 3.8) is 0 Å². The van der Waals surface area contributed by atoms with Gasteiger partial charge in [-0.1, -0.05) is 0 Å². The Balaban J connectivity index is 2.80. The van der Waals surface area contributed by atoms with E-state index < -0.39 is 17.0 Å². The van der Waals surface area contributed by atoms with Crippen molar-refractivity contribution in [1.29, 1.82) is 0 Å². The SMILES string of the molecule is O=[N+]([O-])C1(O)N(Cl)C=CN1CC(O)CCl. The Morgan fingerprint density at radius 1 is 1.60 bits per heavy atom. The van der Waals surface area contributed by atoms with Gasteiger partial charge in [0.1, 0.15) is 4.92 Å². The first kappa shape index (κ1) is 12.3. The normalized spacial score (nSPS) is 27.2. The number of halogens is 2. The van der Waals surface area contributed by atoms with Gasteiger partial charge in [0.05, 0.1) is 18.5 Å². The molecule has 0 bridgehead atoms. The van der Waals surface area contributed by atoms with Gasteiger partial charge in [-0.05, 0) is 0 Å². The van der Waals surface area contributed by atoms with Crippen molar-refractivity contribution in [2.75, 3.05) is 12.4 Å². The minimum Gasteiger partial charge on any atom is -0.390 e. The maximum absolute atomic E-state index is 10.6. The molecule has 0 radical (unpaired) electrons. The van der Waals surface area contributed by atoms with Crippen molar-refractivity contribution in [2.45, 2.75) is 12.1 Å². The molecule has 0 aliphatic carbocycles. The molecule has 0 aromatic rings. The fourth-order valence-electron chi connectivity index (χ4n) is 1.10. The fraction of sp³-hybridized carbons (Fsp3) is 0.667. The van der Waals surface area contributed by atoms with E-state index >= 15 is 0 Å². The summed E-state index contributed by atoms with van der Waals surface area (Å²) in [7, 11) is 0. The minimum absolute atomic E-state index is 0.0968. The summed E-state index contributed by atoms with van der Waals surface area (Å²) in [6.07, 6.45) is 1.32. The molecule has 2 N–H and O–H groups in total. The molecule has 2 unspecified atom stereocenters. The van der Waals surface area contributed by atoms with Gasteiger partial charge in [-0.3, -0.25) is 20.1 Å². The van der Waals surface area contributed by atoms with Crippen LogP contribution in [0.2, 0.25) is 0 Å². The lowest BCUT2D eigenvalue weighted by molar-refractivity contribution is -0.674. The van der Waals surface area contributed by atoms with Crippen LogP contribution >= 0.6 is 23.4 Å². The third-order valence-electron chi connectivity index (χ3n) is 1.88. The highest BCUT2D eigenvalue weighted by molar-refractivity contribution is 6.18. The van der Waals surface area contributed by atoms with E-state index in [2.05, 4.69) is 0 Å². The molecule has 86 valence electrons. The smallest absolute Gasteiger partial charge is 0.390 e. The van der Waals surface area contributed by atoms with E-state index in [0.29, 0.717) is 4.42 Å². The van der Waals surface area contributed by atoms with Gasteiger partial charge in [-0.2, -0.15) is 4.42 Å². The lowest BCUT2D eigenvalue weighted by atomic mass is 10.3. The number of rotatable bonds is 4. The highest BCUT2D eigenvalue weighted by atomic mass is 35.5. The molecule has 7 nitrogen and oxygen atoms in total. The molecule has 0 aromatic heterocycles.